The van der Waals surface area contributed by atoms with Crippen LogP contribution in [0, 0.1) is 29.1 Å². The van der Waals surface area contributed by atoms with E-state index >= 15 is 0 Å². The Kier molecular flexibility index (Phi) is 13.2. The summed E-state index contributed by atoms with van der Waals surface area (Å²) in [6.45, 7) is 10.1. The van der Waals surface area contributed by atoms with Crippen molar-refractivity contribution < 1.29 is 38.9 Å². The first-order chi connectivity index (χ1) is 28.7. The van der Waals surface area contributed by atoms with Crippen LogP contribution in [0.5, 0.6) is 5.75 Å². The fourth-order valence-corrected chi connectivity index (χ4v) is 10.3. The Balaban J connectivity index is 1.17. The summed E-state index contributed by atoms with van der Waals surface area (Å²) in [4.78, 5) is 52.4. The van der Waals surface area contributed by atoms with E-state index in [0.717, 1.165) is 17.7 Å². The molecule has 3 aromatic carbocycles. The Hall–Kier alpha value is -4.53. The standard InChI is InChI=1S/C47H63N5O8/c1-28-37-24-34(47(37,3)4)25-38(28)48-45(56)42-41(29(2)54)40(27-53)60-52(42)26-31-14-11-15-36(43(31)58-7)32-21-33(23-35(22-32)50(5)6)44(55)49-39(20-30-12-9-8-10-13-30)46(57)51-16-18-59-19-17-51/h8-15,21-23,28-29,34,37-42,53-54H,16-20,24-27H2,1-7H3,(H,48,56)(H,49,55)/t28-,29-,34-,37-,38-,39+,40-,41-,42-/m0/s1. The molecule has 0 spiro atoms. The highest BCUT2D eigenvalue weighted by Crippen LogP contribution is 2.61. The first-order valence-corrected chi connectivity index (χ1v) is 21.4. The zero-order valence-corrected chi connectivity index (χ0v) is 36.1. The molecule has 5 aliphatic rings. The molecule has 5 fully saturated rings. The number of para-hydroxylation sites is 1. The Labute approximate surface area is 354 Å². The number of fused-ring (bicyclic) bond motifs is 2. The van der Waals surface area contributed by atoms with Crippen LogP contribution in [0.2, 0.25) is 0 Å². The van der Waals surface area contributed by atoms with Gasteiger partial charge >= 0.3 is 0 Å². The number of hydrogen-bond acceptors (Lipinski definition) is 10. The molecular weight excluding hydrogens is 763 g/mol. The predicted molar refractivity (Wildman–Crippen MR) is 229 cm³/mol. The first-order valence-electron chi connectivity index (χ1n) is 21.4. The molecule has 4 N–H and O–H groups in total. The summed E-state index contributed by atoms with van der Waals surface area (Å²) in [5.74, 6) is 0.483. The fourth-order valence-electron chi connectivity index (χ4n) is 10.3. The number of aliphatic hydroxyl groups is 2. The topological polar surface area (TPSA) is 153 Å². The van der Waals surface area contributed by atoms with Crippen LogP contribution in [0.15, 0.2) is 66.7 Å². The first kappa shape index (κ1) is 43.6. The number of hydrogen-bond donors (Lipinski definition) is 4. The highest BCUT2D eigenvalue weighted by atomic mass is 16.7. The summed E-state index contributed by atoms with van der Waals surface area (Å²) in [5, 5.41) is 29.4. The van der Waals surface area contributed by atoms with Crippen molar-refractivity contribution in [3.63, 3.8) is 0 Å². The quantitative estimate of drug-likeness (QED) is 0.185. The van der Waals surface area contributed by atoms with Gasteiger partial charge in [0.2, 0.25) is 11.8 Å². The summed E-state index contributed by atoms with van der Waals surface area (Å²) >= 11 is 0. The van der Waals surface area contributed by atoms with Gasteiger partial charge in [0.1, 0.15) is 23.9 Å². The smallest absolute Gasteiger partial charge is 0.252 e. The molecule has 2 bridgehead atoms. The molecule has 13 heteroatoms. The minimum Gasteiger partial charge on any atom is -0.496 e. The van der Waals surface area contributed by atoms with Crippen LogP contribution in [-0.4, -0.2) is 122 Å². The molecule has 3 saturated carbocycles. The van der Waals surface area contributed by atoms with E-state index in [1.807, 2.05) is 73.6 Å². The summed E-state index contributed by atoms with van der Waals surface area (Å²) < 4.78 is 11.6. The van der Waals surface area contributed by atoms with Gasteiger partial charge in [-0.25, -0.2) is 0 Å². The number of carbonyl (C=O) groups excluding carboxylic acids is 3. The summed E-state index contributed by atoms with van der Waals surface area (Å²) in [6, 6.07) is 19.3. The molecule has 60 heavy (non-hydrogen) atoms. The van der Waals surface area contributed by atoms with E-state index in [2.05, 4.69) is 31.4 Å². The van der Waals surface area contributed by atoms with Crippen molar-refractivity contribution in [1.82, 2.24) is 20.6 Å². The molecule has 0 aromatic heterocycles. The zero-order chi connectivity index (χ0) is 42.9. The van der Waals surface area contributed by atoms with Crippen LogP contribution < -0.4 is 20.3 Å². The van der Waals surface area contributed by atoms with E-state index in [1.54, 1.807) is 36.1 Å². The van der Waals surface area contributed by atoms with Gasteiger partial charge in [-0.1, -0.05) is 69.3 Å². The second-order valence-corrected chi connectivity index (χ2v) is 18.0. The second-order valence-electron chi connectivity index (χ2n) is 18.0. The second kappa shape index (κ2) is 18.2. The molecule has 0 unspecified atom stereocenters. The van der Waals surface area contributed by atoms with E-state index in [9.17, 15) is 24.6 Å². The highest BCUT2D eigenvalue weighted by molar-refractivity contribution is 6.00. The fraction of sp³-hybridized carbons (Fsp3) is 0.553. The largest absolute Gasteiger partial charge is 0.496 e. The van der Waals surface area contributed by atoms with Crippen molar-refractivity contribution >= 4 is 23.4 Å². The SMILES string of the molecule is COc1c(CN2O[C@@H](CO)[C@H]([C@H](C)O)[C@H]2C(=O)N[C@H]2C[C@@H]3C[C@@H]([C@@H]2C)C3(C)C)cccc1-c1cc(C(=O)N[C@H](Cc2ccccc2)C(=O)N2CCOCC2)cc(N(C)C)c1. The number of ether oxygens (including phenoxy) is 2. The maximum absolute atomic E-state index is 14.3. The summed E-state index contributed by atoms with van der Waals surface area (Å²) in [6.07, 6.45) is 0.715. The van der Waals surface area contributed by atoms with E-state index in [-0.39, 0.29) is 42.3 Å². The maximum atomic E-state index is 14.3. The molecule has 8 rings (SSSR count). The molecule has 9 atom stereocenters. The van der Waals surface area contributed by atoms with Gasteiger partial charge in [-0.15, -0.1) is 0 Å². The lowest BCUT2D eigenvalue weighted by molar-refractivity contribution is -0.183. The highest BCUT2D eigenvalue weighted by Gasteiger charge is 2.57. The number of benzene rings is 3. The van der Waals surface area contributed by atoms with Gasteiger partial charge in [-0.3, -0.25) is 19.2 Å². The molecule has 3 amide bonds. The van der Waals surface area contributed by atoms with Gasteiger partial charge in [0, 0.05) is 67.9 Å². The molecule has 3 aromatic rings. The van der Waals surface area contributed by atoms with E-state index in [1.165, 1.54) is 6.42 Å². The van der Waals surface area contributed by atoms with Crippen molar-refractivity contribution in [2.45, 2.75) is 83.8 Å². The lowest BCUT2D eigenvalue weighted by Crippen LogP contribution is -2.62. The number of nitrogens with zero attached hydrogens (tertiary/aromatic N) is 3. The Morgan fingerprint density at radius 2 is 1.75 bits per heavy atom. The number of carbonyl (C=O) groups is 3. The summed E-state index contributed by atoms with van der Waals surface area (Å²) in [5.41, 5.74) is 4.48. The van der Waals surface area contributed by atoms with Crippen LogP contribution in [0.25, 0.3) is 11.1 Å². The van der Waals surface area contributed by atoms with Crippen molar-refractivity contribution in [2.24, 2.45) is 29.1 Å². The molecule has 13 nitrogen and oxygen atoms in total. The number of morpholine rings is 1. The Morgan fingerprint density at radius 3 is 2.38 bits per heavy atom. The maximum Gasteiger partial charge on any atom is 0.252 e. The van der Waals surface area contributed by atoms with Crippen LogP contribution in [0.1, 0.15) is 62.0 Å². The van der Waals surface area contributed by atoms with Gasteiger partial charge in [0.25, 0.3) is 5.91 Å². The minimum absolute atomic E-state index is 0.0123. The Morgan fingerprint density at radius 1 is 1.02 bits per heavy atom. The number of rotatable bonds is 14. The number of methoxy groups -OCH3 is 1. The number of aliphatic hydroxyl groups excluding tert-OH is 2. The third kappa shape index (κ3) is 8.78. The lowest BCUT2D eigenvalue weighted by atomic mass is 9.45. The minimum atomic E-state index is -0.929. The number of amides is 3. The third-order valence-electron chi connectivity index (χ3n) is 13.9. The molecule has 2 heterocycles. The van der Waals surface area contributed by atoms with Gasteiger partial charge < -0.3 is 40.1 Å². The van der Waals surface area contributed by atoms with E-state index in [0.29, 0.717) is 78.5 Å². The molecular formula is C47H63N5O8. The van der Waals surface area contributed by atoms with Crippen LogP contribution in [0.3, 0.4) is 0 Å². The van der Waals surface area contributed by atoms with Crippen molar-refractivity contribution in [3.8, 4) is 16.9 Å². The van der Waals surface area contributed by atoms with Crippen molar-refractivity contribution in [3.05, 3.63) is 83.4 Å². The van der Waals surface area contributed by atoms with E-state index in [4.69, 9.17) is 14.3 Å². The van der Waals surface area contributed by atoms with Gasteiger partial charge in [0.15, 0.2) is 0 Å². The van der Waals surface area contributed by atoms with Gasteiger partial charge in [-0.05, 0) is 72.3 Å². The Bertz CT molecular complexity index is 2000. The summed E-state index contributed by atoms with van der Waals surface area (Å²) in [7, 11) is 5.38. The van der Waals surface area contributed by atoms with E-state index < -0.39 is 30.2 Å². The molecule has 3 aliphatic carbocycles. The van der Waals surface area contributed by atoms with Crippen LogP contribution in [0.4, 0.5) is 5.69 Å². The molecule has 324 valence electrons. The monoisotopic (exact) mass is 825 g/mol. The van der Waals surface area contributed by atoms with Crippen LogP contribution in [-0.2, 0) is 32.1 Å². The molecule has 2 aliphatic heterocycles. The number of anilines is 1. The normalized spacial score (nSPS) is 27.0. The average molecular weight is 826 g/mol. The van der Waals surface area contributed by atoms with Crippen LogP contribution >= 0.6 is 0 Å². The van der Waals surface area contributed by atoms with Gasteiger partial charge in [-0.2, -0.15) is 5.06 Å². The van der Waals surface area contributed by atoms with Crippen molar-refractivity contribution in [1.29, 1.82) is 0 Å². The van der Waals surface area contributed by atoms with Gasteiger partial charge in [0.05, 0.1) is 39.6 Å². The number of nitrogens with one attached hydrogen (secondary N) is 2. The zero-order valence-electron chi connectivity index (χ0n) is 36.1. The predicted octanol–water partition coefficient (Wildman–Crippen LogP) is 4.29. The molecule has 2 saturated heterocycles. The third-order valence-corrected chi connectivity index (χ3v) is 13.9. The lowest BCUT2D eigenvalue weighted by Gasteiger charge is -2.62. The van der Waals surface area contributed by atoms with Crippen molar-refractivity contribution in [2.75, 3.05) is 59.0 Å². The average Bonchev–Trinajstić information content (AvgIpc) is 3.62. The molecule has 0 radical (unpaired) electrons. The number of hydroxylamine groups is 2.